The number of imidazole rings is 1. The van der Waals surface area contributed by atoms with Crippen LogP contribution in [0, 0.1) is 0 Å². The van der Waals surface area contributed by atoms with Gasteiger partial charge in [-0.25, -0.2) is 24.2 Å². The minimum absolute atomic E-state index is 0.0136. The zero-order chi connectivity index (χ0) is 27.4. The van der Waals surface area contributed by atoms with Gasteiger partial charge in [-0.2, -0.15) is 0 Å². The molecule has 0 saturated carbocycles. The van der Waals surface area contributed by atoms with E-state index in [-0.39, 0.29) is 32.5 Å². The number of halogens is 2. The van der Waals surface area contributed by atoms with Gasteiger partial charge in [0.05, 0.1) is 10.8 Å². The second kappa shape index (κ2) is 9.70. The fourth-order valence-corrected chi connectivity index (χ4v) is 5.50. The molecule has 4 aromatic rings. The van der Waals surface area contributed by atoms with Gasteiger partial charge >= 0.3 is 0 Å². The van der Waals surface area contributed by atoms with Crippen LogP contribution in [0.3, 0.4) is 0 Å². The first kappa shape index (κ1) is 25.9. The van der Waals surface area contributed by atoms with Gasteiger partial charge in [-0.15, -0.1) is 0 Å². The summed E-state index contributed by atoms with van der Waals surface area (Å²) in [6.45, 7) is 3.43. The lowest BCUT2D eigenvalue weighted by atomic mass is 10.1. The molecule has 0 N–H and O–H groups in total. The minimum atomic E-state index is -2.10. The first-order valence-corrected chi connectivity index (χ1v) is 13.7. The molecule has 2 aromatic heterocycles. The number of carbonyl (C=O) groups is 2. The summed E-state index contributed by atoms with van der Waals surface area (Å²) in [5.41, 5.74) is 0.979. The number of fused-ring (bicyclic) bond motifs is 2. The second-order valence-corrected chi connectivity index (χ2v) is 10.4. The van der Waals surface area contributed by atoms with E-state index >= 15 is 4.39 Å². The Balaban J connectivity index is 1.46. The van der Waals surface area contributed by atoms with Crippen LogP contribution in [-0.4, -0.2) is 59.6 Å². The van der Waals surface area contributed by atoms with E-state index in [1.54, 1.807) is 74.5 Å². The molecule has 2 aliphatic heterocycles. The van der Waals surface area contributed by atoms with Crippen molar-refractivity contribution < 1.29 is 28.2 Å². The number of aromatic nitrogens is 4. The smallest absolute Gasteiger partial charge is 0.266 e. The van der Waals surface area contributed by atoms with Crippen LogP contribution >= 0.6 is 22.6 Å². The molecule has 0 bridgehead atoms. The van der Waals surface area contributed by atoms with Gasteiger partial charge in [0, 0.05) is 11.1 Å². The van der Waals surface area contributed by atoms with Crippen LogP contribution in [0.4, 0.5) is 10.2 Å². The maximum Gasteiger partial charge on any atom is 0.266 e. The Bertz CT molecular complexity index is 1500. The molecule has 2 saturated heterocycles. The lowest BCUT2D eigenvalue weighted by Gasteiger charge is -2.27. The number of nitrogens with zero attached hydrogens (tertiary/aromatic N) is 5. The molecule has 0 spiro atoms. The summed E-state index contributed by atoms with van der Waals surface area (Å²) in [5, 5.41) is 0. The van der Waals surface area contributed by atoms with Gasteiger partial charge < -0.3 is 14.2 Å². The Morgan fingerprint density at radius 2 is 1.56 bits per heavy atom. The van der Waals surface area contributed by atoms with E-state index in [1.807, 2.05) is 22.6 Å². The first-order valence-electron chi connectivity index (χ1n) is 12.2. The minimum Gasteiger partial charge on any atom is -0.340 e. The molecule has 2 aliphatic rings. The summed E-state index contributed by atoms with van der Waals surface area (Å²) >= 11 is 1.91. The quantitative estimate of drug-likeness (QED) is 0.178. The number of ether oxygens (including phenoxy) is 3. The molecule has 0 radical (unpaired) electrons. The lowest BCUT2D eigenvalue weighted by molar-refractivity contribution is -0.245. The summed E-state index contributed by atoms with van der Waals surface area (Å²) in [5.74, 6) is -4.30. The number of alkyl halides is 2. The summed E-state index contributed by atoms with van der Waals surface area (Å²) in [4.78, 5) is 41.5. The van der Waals surface area contributed by atoms with E-state index in [2.05, 4.69) is 15.0 Å². The second-order valence-electron chi connectivity index (χ2n) is 9.65. The molecule has 2 aromatic carbocycles. The number of anilines is 1. The monoisotopic (exact) mass is 643 g/mol. The maximum absolute atomic E-state index is 15.8. The van der Waals surface area contributed by atoms with Gasteiger partial charge in [0.15, 0.2) is 35.1 Å². The van der Waals surface area contributed by atoms with Crippen molar-refractivity contribution in [2.45, 2.75) is 43.9 Å². The largest absolute Gasteiger partial charge is 0.340 e. The third-order valence-electron chi connectivity index (χ3n) is 6.61. The van der Waals surface area contributed by atoms with E-state index < -0.39 is 41.9 Å². The van der Waals surface area contributed by atoms with Gasteiger partial charge in [0.1, 0.15) is 12.4 Å². The number of benzene rings is 2. The zero-order valence-corrected chi connectivity index (χ0v) is 23.1. The average molecular weight is 643 g/mol. The third-order valence-corrected chi connectivity index (χ3v) is 7.65. The van der Waals surface area contributed by atoms with Crippen LogP contribution in [-0.2, 0) is 14.2 Å². The van der Waals surface area contributed by atoms with Gasteiger partial charge in [0.25, 0.3) is 11.8 Å². The molecule has 2 fully saturated rings. The van der Waals surface area contributed by atoms with Crippen LogP contribution in [0.15, 0.2) is 73.3 Å². The number of imide groups is 1. The van der Waals surface area contributed by atoms with Gasteiger partial charge in [-0.05, 0) is 38.1 Å². The Morgan fingerprint density at radius 3 is 2.15 bits per heavy atom. The van der Waals surface area contributed by atoms with Crippen molar-refractivity contribution >= 4 is 51.4 Å². The van der Waals surface area contributed by atoms with Crippen molar-refractivity contribution in [1.29, 1.82) is 0 Å². The Morgan fingerprint density at radius 1 is 0.949 bits per heavy atom. The fraction of sp³-hybridized carbons (Fsp3) is 0.296. The number of rotatable bonds is 5. The molecule has 6 rings (SSSR count). The molecular weight excluding hydrogens is 620 g/mol. The predicted octanol–water partition coefficient (Wildman–Crippen LogP) is 4.46. The molecule has 39 heavy (non-hydrogen) atoms. The summed E-state index contributed by atoms with van der Waals surface area (Å²) in [6.07, 6.45) is -0.0842. The molecule has 10 nitrogen and oxygen atoms in total. The van der Waals surface area contributed by atoms with E-state index in [9.17, 15) is 9.59 Å². The van der Waals surface area contributed by atoms with Crippen molar-refractivity contribution in [2.24, 2.45) is 0 Å². The zero-order valence-electron chi connectivity index (χ0n) is 20.9. The van der Waals surface area contributed by atoms with Crippen LogP contribution in [0.2, 0.25) is 0 Å². The Labute approximate surface area is 236 Å². The highest BCUT2D eigenvalue weighted by Crippen LogP contribution is 2.50. The van der Waals surface area contributed by atoms with E-state index in [0.29, 0.717) is 0 Å². The third kappa shape index (κ3) is 4.40. The first-order chi connectivity index (χ1) is 18.7. The highest BCUT2D eigenvalue weighted by atomic mass is 127. The van der Waals surface area contributed by atoms with E-state index in [4.69, 9.17) is 14.2 Å². The SMILES string of the molecule is CC1(C)OC2C(n3cnc4c(N(C(=O)c5ccccc5)C(=O)c5ccccc5)ncnc43)OC(F)(CI)C2O1. The molecular formula is C27H23FIN5O5. The summed E-state index contributed by atoms with van der Waals surface area (Å²) < 4.78 is 35.0. The van der Waals surface area contributed by atoms with Crippen molar-refractivity contribution in [3.05, 3.63) is 84.4 Å². The average Bonchev–Trinajstić information content (AvgIpc) is 3.60. The van der Waals surface area contributed by atoms with Crippen LogP contribution in [0.5, 0.6) is 0 Å². The summed E-state index contributed by atoms with van der Waals surface area (Å²) in [7, 11) is 0. The molecule has 4 unspecified atom stereocenters. The molecule has 2 amide bonds. The maximum atomic E-state index is 15.8. The standard InChI is InChI=1S/C27H23FIN5O5/c1-26(2)37-19-20(38-26)27(28,13-29)39-25(19)33-15-32-18-21(33)30-14-31-22(18)34(23(35)16-9-5-3-6-10-16)24(36)17-11-7-4-8-12-17/h3-12,14-15,19-20,25H,13H2,1-2H3. The molecule has 4 heterocycles. The molecule has 0 aliphatic carbocycles. The topological polar surface area (TPSA) is 109 Å². The number of hydrogen-bond donors (Lipinski definition) is 0. The van der Waals surface area contributed by atoms with Crippen molar-refractivity contribution in [3.8, 4) is 0 Å². The van der Waals surface area contributed by atoms with Crippen molar-refractivity contribution in [2.75, 3.05) is 9.33 Å². The Hall–Kier alpha value is -3.33. The van der Waals surface area contributed by atoms with Gasteiger partial charge in [-0.3, -0.25) is 14.2 Å². The normalized spacial score (nSPS) is 25.5. The highest BCUT2D eigenvalue weighted by molar-refractivity contribution is 14.1. The van der Waals surface area contributed by atoms with Crippen LogP contribution in [0.25, 0.3) is 11.2 Å². The molecule has 4 atom stereocenters. The van der Waals surface area contributed by atoms with E-state index in [0.717, 1.165) is 4.90 Å². The van der Waals surface area contributed by atoms with Crippen LogP contribution in [0.1, 0.15) is 40.8 Å². The van der Waals surface area contributed by atoms with Gasteiger partial charge in [-0.1, -0.05) is 59.0 Å². The van der Waals surface area contributed by atoms with E-state index in [1.165, 1.54) is 17.2 Å². The highest BCUT2D eigenvalue weighted by Gasteiger charge is 2.64. The van der Waals surface area contributed by atoms with Crippen LogP contribution < -0.4 is 4.90 Å². The molecule has 12 heteroatoms. The number of carbonyl (C=O) groups excluding carboxylic acids is 2. The Kier molecular flexibility index (Phi) is 6.44. The molecule has 200 valence electrons. The predicted molar refractivity (Wildman–Crippen MR) is 146 cm³/mol. The summed E-state index contributed by atoms with van der Waals surface area (Å²) in [6, 6.07) is 16.8. The number of amides is 2. The fourth-order valence-electron chi connectivity index (χ4n) is 4.88. The van der Waals surface area contributed by atoms with Crippen molar-refractivity contribution in [1.82, 2.24) is 19.5 Å². The number of hydrogen-bond acceptors (Lipinski definition) is 8. The lowest BCUT2D eigenvalue weighted by Crippen LogP contribution is -2.40. The van der Waals surface area contributed by atoms with Gasteiger partial charge in [0.2, 0.25) is 5.85 Å². The van der Waals surface area contributed by atoms with Crippen molar-refractivity contribution in [3.63, 3.8) is 0 Å².